The number of hydrogen-bond donors (Lipinski definition) is 1. The number of para-hydroxylation sites is 1. The van der Waals surface area contributed by atoms with Crippen molar-refractivity contribution >= 4 is 11.7 Å². The van der Waals surface area contributed by atoms with Crippen LogP contribution in [0.3, 0.4) is 0 Å². The number of rotatable bonds is 3. The Morgan fingerprint density at radius 3 is 2.77 bits per heavy atom. The minimum absolute atomic E-state index is 0.00699. The van der Waals surface area contributed by atoms with E-state index in [-0.39, 0.29) is 35.2 Å². The first-order valence-corrected chi connectivity index (χ1v) is 7.92. The van der Waals surface area contributed by atoms with Gasteiger partial charge in [-0.3, -0.25) is 14.7 Å². The molecule has 22 heavy (non-hydrogen) atoms. The Bertz CT molecular complexity index is 578. The van der Waals surface area contributed by atoms with Crippen molar-refractivity contribution in [2.24, 2.45) is 5.92 Å². The average molecular weight is 302 g/mol. The highest BCUT2D eigenvalue weighted by molar-refractivity contribution is 6.03. The van der Waals surface area contributed by atoms with Crippen LogP contribution in [0.5, 0.6) is 11.5 Å². The predicted octanol–water partition coefficient (Wildman–Crippen LogP) is 2.86. The summed E-state index contributed by atoms with van der Waals surface area (Å²) in [6.45, 7) is 0.624. The van der Waals surface area contributed by atoms with E-state index in [9.17, 15) is 14.7 Å². The maximum Gasteiger partial charge on any atom is 0.261 e. The second kappa shape index (κ2) is 6.38. The summed E-state index contributed by atoms with van der Waals surface area (Å²) in [5.41, 5.74) is 0.281. The lowest BCUT2D eigenvalue weighted by atomic mass is 9.89. The summed E-state index contributed by atoms with van der Waals surface area (Å²) in [6.07, 6.45) is 5.08. The number of nitrogens with one attached hydrogen (secondary N) is 1. The molecule has 0 spiro atoms. The van der Waals surface area contributed by atoms with Crippen molar-refractivity contribution in [2.45, 2.75) is 44.6 Å². The highest BCUT2D eigenvalue weighted by atomic mass is 16.5. The van der Waals surface area contributed by atoms with Crippen LogP contribution in [-0.4, -0.2) is 24.3 Å². The van der Waals surface area contributed by atoms with Crippen molar-refractivity contribution < 1.29 is 19.4 Å². The number of Topliss-reactive ketones (excluding diaryl/α,β-unsaturated/α-hetero) is 1. The van der Waals surface area contributed by atoms with Crippen LogP contribution in [0.15, 0.2) is 18.2 Å². The lowest BCUT2D eigenvalue weighted by Gasteiger charge is -2.26. The number of ketones is 1. The number of carbonyl (C=O) groups is 2. The van der Waals surface area contributed by atoms with Crippen molar-refractivity contribution in [1.29, 1.82) is 0 Å². The number of ether oxygens (including phenoxy) is 1. The zero-order valence-electron chi connectivity index (χ0n) is 12.5. The van der Waals surface area contributed by atoms with Gasteiger partial charge in [-0.25, -0.2) is 0 Å². The first-order chi connectivity index (χ1) is 10.6. The summed E-state index contributed by atoms with van der Waals surface area (Å²) in [4.78, 5) is 24.3. The van der Waals surface area contributed by atoms with Crippen molar-refractivity contribution in [3.8, 4) is 11.5 Å². The Morgan fingerprint density at radius 2 is 2.00 bits per heavy atom. The molecule has 2 aliphatic rings. The van der Waals surface area contributed by atoms with Gasteiger partial charge in [-0.1, -0.05) is 25.3 Å². The summed E-state index contributed by atoms with van der Waals surface area (Å²) in [7, 11) is 0. The number of fused-ring (bicyclic) bond motifs is 1. The maximum atomic E-state index is 12.2. The third kappa shape index (κ3) is 3.08. The van der Waals surface area contributed by atoms with Gasteiger partial charge < -0.3 is 10.1 Å². The molecule has 1 N–H and O–H groups in total. The molecule has 1 unspecified atom stereocenters. The molecule has 0 saturated heterocycles. The van der Waals surface area contributed by atoms with E-state index in [1.807, 2.05) is 0 Å². The van der Waals surface area contributed by atoms with Crippen LogP contribution < -0.4 is 10.1 Å². The molecule has 1 fully saturated rings. The van der Waals surface area contributed by atoms with E-state index in [0.717, 1.165) is 12.8 Å². The minimum Gasteiger partial charge on any atom is -0.475 e. The lowest BCUT2D eigenvalue weighted by Crippen LogP contribution is -2.43. The van der Waals surface area contributed by atoms with Crippen molar-refractivity contribution in [1.82, 2.24) is 5.32 Å². The number of carbonyl (C=O) groups excluding carboxylic acids is 2. The molecule has 1 aliphatic carbocycles. The standard InChI is InChI=1S/C17H20NO4/c19-13-8-4-7-12-14(20)9-15(22-16(12)13)17(21)18-10-11-5-2-1-3-6-11/h4,7-8,11,15H,1-3,5-6,9-10H2,(H,18,21). The first-order valence-electron chi connectivity index (χ1n) is 7.92. The van der Waals surface area contributed by atoms with Gasteiger partial charge in [-0.05, 0) is 30.9 Å². The molecular weight excluding hydrogens is 282 g/mol. The molecule has 1 radical (unpaired) electrons. The van der Waals surface area contributed by atoms with Crippen LogP contribution in [0.4, 0.5) is 0 Å². The molecule has 1 amide bonds. The largest absolute Gasteiger partial charge is 0.475 e. The molecule has 1 atom stereocenters. The first kappa shape index (κ1) is 14.9. The summed E-state index contributed by atoms with van der Waals surface area (Å²) in [6, 6.07) is 4.44. The fraction of sp³-hybridized carbons (Fsp3) is 0.529. The van der Waals surface area contributed by atoms with E-state index in [0.29, 0.717) is 12.5 Å². The van der Waals surface area contributed by atoms with Crippen LogP contribution >= 0.6 is 0 Å². The zero-order chi connectivity index (χ0) is 15.5. The second-order valence-corrected chi connectivity index (χ2v) is 6.12. The second-order valence-electron chi connectivity index (χ2n) is 6.12. The quantitative estimate of drug-likeness (QED) is 0.932. The van der Waals surface area contributed by atoms with Gasteiger partial charge in [-0.2, -0.15) is 0 Å². The normalized spacial score (nSPS) is 21.8. The summed E-state index contributed by atoms with van der Waals surface area (Å²) < 4.78 is 5.49. The SMILES string of the molecule is [O]c1cccc2c1OC(C(=O)NCC1CCCCC1)CC2=O. The summed E-state index contributed by atoms with van der Waals surface area (Å²) >= 11 is 0. The highest BCUT2D eigenvalue weighted by Gasteiger charge is 2.33. The van der Waals surface area contributed by atoms with Gasteiger partial charge in [0.25, 0.3) is 5.91 Å². The molecule has 1 heterocycles. The fourth-order valence-corrected chi connectivity index (χ4v) is 3.22. The van der Waals surface area contributed by atoms with Crippen LogP contribution in [-0.2, 0) is 9.90 Å². The average Bonchev–Trinajstić information content (AvgIpc) is 2.54. The molecule has 0 bridgehead atoms. The van der Waals surface area contributed by atoms with Crippen molar-refractivity contribution in [2.75, 3.05) is 6.54 Å². The fourth-order valence-electron chi connectivity index (χ4n) is 3.22. The third-order valence-electron chi connectivity index (χ3n) is 4.49. The molecule has 5 nitrogen and oxygen atoms in total. The van der Waals surface area contributed by atoms with Gasteiger partial charge in [0.05, 0.1) is 12.0 Å². The smallest absolute Gasteiger partial charge is 0.261 e. The van der Waals surface area contributed by atoms with E-state index >= 15 is 0 Å². The highest BCUT2D eigenvalue weighted by Crippen LogP contribution is 2.36. The maximum absolute atomic E-state index is 12.2. The Morgan fingerprint density at radius 1 is 1.23 bits per heavy atom. The van der Waals surface area contributed by atoms with E-state index < -0.39 is 6.10 Å². The van der Waals surface area contributed by atoms with E-state index in [4.69, 9.17) is 4.74 Å². The zero-order valence-corrected chi connectivity index (χ0v) is 12.5. The summed E-state index contributed by atoms with van der Waals surface area (Å²) in [5, 5.41) is 14.6. The van der Waals surface area contributed by atoms with Crippen LogP contribution in [0.1, 0.15) is 48.9 Å². The Balaban J connectivity index is 1.62. The molecule has 1 aromatic carbocycles. The van der Waals surface area contributed by atoms with Crippen molar-refractivity contribution in [3.63, 3.8) is 0 Å². The molecule has 1 aromatic rings. The summed E-state index contributed by atoms with van der Waals surface area (Å²) in [5.74, 6) is -0.337. The van der Waals surface area contributed by atoms with Gasteiger partial charge in [-0.15, -0.1) is 0 Å². The van der Waals surface area contributed by atoms with Crippen LogP contribution in [0.2, 0.25) is 0 Å². The Labute approximate surface area is 129 Å². The van der Waals surface area contributed by atoms with Gasteiger partial charge in [0.2, 0.25) is 5.75 Å². The lowest BCUT2D eigenvalue weighted by molar-refractivity contribution is -0.128. The molecular formula is C17H20NO4. The number of benzene rings is 1. The molecule has 0 aromatic heterocycles. The molecule has 5 heteroatoms. The molecule has 1 saturated carbocycles. The topological polar surface area (TPSA) is 75.3 Å². The monoisotopic (exact) mass is 302 g/mol. The van der Waals surface area contributed by atoms with Gasteiger partial charge in [0, 0.05) is 6.54 Å². The van der Waals surface area contributed by atoms with E-state index in [2.05, 4.69) is 5.32 Å². The number of amides is 1. The minimum atomic E-state index is -0.890. The van der Waals surface area contributed by atoms with Crippen LogP contribution in [0, 0.1) is 5.92 Å². The van der Waals surface area contributed by atoms with Gasteiger partial charge in [0.1, 0.15) is 0 Å². The van der Waals surface area contributed by atoms with Crippen molar-refractivity contribution in [3.05, 3.63) is 23.8 Å². The third-order valence-corrected chi connectivity index (χ3v) is 4.49. The van der Waals surface area contributed by atoms with E-state index in [1.165, 1.54) is 31.4 Å². The Kier molecular flexibility index (Phi) is 4.32. The van der Waals surface area contributed by atoms with Crippen LogP contribution in [0.25, 0.3) is 0 Å². The molecule has 1 aliphatic heterocycles. The molecule has 3 rings (SSSR count). The predicted molar refractivity (Wildman–Crippen MR) is 79.5 cm³/mol. The Hall–Kier alpha value is -2.04. The number of hydrogen-bond acceptors (Lipinski definition) is 3. The van der Waals surface area contributed by atoms with Gasteiger partial charge in [0.15, 0.2) is 17.6 Å². The van der Waals surface area contributed by atoms with E-state index in [1.54, 1.807) is 6.07 Å². The molecule has 117 valence electrons. The van der Waals surface area contributed by atoms with Gasteiger partial charge >= 0.3 is 0 Å².